The molecular formula is C23H19ClF3N3O4S. The second kappa shape index (κ2) is 10.8. The van der Waals surface area contributed by atoms with Crippen molar-refractivity contribution < 1.29 is 31.1 Å². The molecule has 1 amide bonds. The number of hydrogen-bond donors (Lipinski definition) is 1. The van der Waals surface area contributed by atoms with Gasteiger partial charge in [-0.2, -0.15) is 18.3 Å². The monoisotopic (exact) mass is 525 g/mol. The van der Waals surface area contributed by atoms with Crippen LogP contribution in [0.4, 0.5) is 18.9 Å². The van der Waals surface area contributed by atoms with Crippen molar-refractivity contribution in [1.29, 1.82) is 0 Å². The third kappa shape index (κ3) is 6.31. The Hall–Kier alpha value is -3.57. The lowest BCUT2D eigenvalue weighted by Gasteiger charge is -2.25. The zero-order chi connectivity index (χ0) is 25.6. The van der Waals surface area contributed by atoms with Crippen LogP contribution in [0.2, 0.25) is 5.02 Å². The first-order chi connectivity index (χ1) is 16.5. The lowest BCUT2D eigenvalue weighted by molar-refractivity contribution is -0.137. The number of amides is 1. The number of halogens is 4. The summed E-state index contributed by atoms with van der Waals surface area (Å²) in [6, 6.07) is 16.3. The summed E-state index contributed by atoms with van der Waals surface area (Å²) in [6.45, 7) is -0.758. The first-order valence-electron chi connectivity index (χ1n) is 9.93. The molecule has 0 heterocycles. The highest BCUT2D eigenvalue weighted by molar-refractivity contribution is 7.92. The van der Waals surface area contributed by atoms with E-state index in [0.717, 1.165) is 16.6 Å². The maximum Gasteiger partial charge on any atom is 0.417 e. The van der Waals surface area contributed by atoms with Gasteiger partial charge in [0.15, 0.2) is 0 Å². The summed E-state index contributed by atoms with van der Waals surface area (Å²) in [5, 5.41) is 3.76. The maximum absolute atomic E-state index is 13.4. The van der Waals surface area contributed by atoms with E-state index in [9.17, 15) is 26.4 Å². The lowest BCUT2D eigenvalue weighted by atomic mass is 10.1. The van der Waals surface area contributed by atoms with Gasteiger partial charge in [-0.3, -0.25) is 9.10 Å². The normalized spacial score (nSPS) is 11.9. The van der Waals surface area contributed by atoms with E-state index in [2.05, 4.69) is 10.5 Å². The number of carbonyl (C=O) groups is 1. The molecule has 0 bridgehead atoms. The standard InChI is InChI=1S/C23H19ClF3N3O4S/c1-34-21-12-11-17(24)13-20(21)30(35(32,33)18-8-3-2-4-9-18)15-22(31)29-28-14-16-7-5-6-10-19(16)23(25,26)27/h2-14H,15H2,1H3,(H,29,31). The van der Waals surface area contributed by atoms with Gasteiger partial charge in [-0.15, -0.1) is 0 Å². The van der Waals surface area contributed by atoms with E-state index in [-0.39, 0.29) is 26.9 Å². The first kappa shape index (κ1) is 26.0. The fourth-order valence-electron chi connectivity index (χ4n) is 3.08. The van der Waals surface area contributed by atoms with Gasteiger partial charge < -0.3 is 4.74 Å². The van der Waals surface area contributed by atoms with Crippen molar-refractivity contribution in [2.45, 2.75) is 11.1 Å². The molecular weight excluding hydrogens is 507 g/mol. The molecule has 0 radical (unpaired) electrons. The van der Waals surface area contributed by atoms with E-state index < -0.39 is 34.2 Å². The highest BCUT2D eigenvalue weighted by Gasteiger charge is 2.33. The zero-order valence-electron chi connectivity index (χ0n) is 18.2. The second-order valence-electron chi connectivity index (χ2n) is 7.02. The minimum atomic E-state index is -4.61. The number of alkyl halides is 3. The number of benzene rings is 3. The molecule has 0 unspecified atom stereocenters. The van der Waals surface area contributed by atoms with E-state index in [4.69, 9.17) is 16.3 Å². The van der Waals surface area contributed by atoms with Crippen LogP contribution in [0, 0.1) is 0 Å². The fourth-order valence-corrected chi connectivity index (χ4v) is 4.70. The molecule has 0 aliphatic heterocycles. The molecule has 7 nitrogen and oxygen atoms in total. The molecule has 0 aromatic heterocycles. The number of anilines is 1. The fraction of sp³-hybridized carbons (Fsp3) is 0.130. The van der Waals surface area contributed by atoms with Crippen LogP contribution in [0.15, 0.2) is 82.8 Å². The summed E-state index contributed by atoms with van der Waals surface area (Å²) < 4.78 is 72.2. The van der Waals surface area contributed by atoms with Gasteiger partial charge in [0.25, 0.3) is 15.9 Å². The second-order valence-corrected chi connectivity index (χ2v) is 9.32. The van der Waals surface area contributed by atoms with Crippen LogP contribution in [0.5, 0.6) is 5.75 Å². The quantitative estimate of drug-likeness (QED) is 0.341. The van der Waals surface area contributed by atoms with Crippen LogP contribution in [-0.2, 0) is 21.0 Å². The number of hydrogen-bond acceptors (Lipinski definition) is 5. The molecule has 0 saturated carbocycles. The predicted molar refractivity (Wildman–Crippen MR) is 126 cm³/mol. The number of hydrazone groups is 1. The average Bonchev–Trinajstić information content (AvgIpc) is 2.82. The number of nitrogens with one attached hydrogen (secondary N) is 1. The van der Waals surface area contributed by atoms with Gasteiger partial charge in [0.1, 0.15) is 12.3 Å². The number of sulfonamides is 1. The number of rotatable bonds is 8. The van der Waals surface area contributed by atoms with E-state index in [0.29, 0.717) is 0 Å². The maximum atomic E-state index is 13.4. The molecule has 0 saturated heterocycles. The van der Waals surface area contributed by atoms with Crippen LogP contribution in [0.1, 0.15) is 11.1 Å². The Kier molecular flexibility index (Phi) is 8.03. The third-order valence-electron chi connectivity index (χ3n) is 4.69. The Bertz CT molecular complexity index is 1330. The Balaban J connectivity index is 1.92. The van der Waals surface area contributed by atoms with Crippen molar-refractivity contribution in [2.24, 2.45) is 5.10 Å². The molecule has 0 atom stereocenters. The highest BCUT2D eigenvalue weighted by atomic mass is 35.5. The largest absolute Gasteiger partial charge is 0.495 e. The van der Waals surface area contributed by atoms with Gasteiger partial charge in [-0.25, -0.2) is 13.8 Å². The molecule has 3 rings (SSSR count). The van der Waals surface area contributed by atoms with E-state index >= 15 is 0 Å². The van der Waals surface area contributed by atoms with E-state index in [1.54, 1.807) is 6.07 Å². The average molecular weight is 526 g/mol. The van der Waals surface area contributed by atoms with Gasteiger partial charge in [0.05, 0.1) is 29.5 Å². The van der Waals surface area contributed by atoms with Crippen LogP contribution in [0.25, 0.3) is 0 Å². The third-order valence-corrected chi connectivity index (χ3v) is 6.70. The van der Waals surface area contributed by atoms with Gasteiger partial charge in [0, 0.05) is 10.6 Å². The Morgan fingerprint density at radius 3 is 2.40 bits per heavy atom. The van der Waals surface area contributed by atoms with Gasteiger partial charge >= 0.3 is 6.18 Å². The molecule has 35 heavy (non-hydrogen) atoms. The molecule has 0 fully saturated rings. The minimum Gasteiger partial charge on any atom is -0.495 e. The minimum absolute atomic E-state index is 0.00889. The molecule has 0 aliphatic rings. The van der Waals surface area contributed by atoms with Crippen LogP contribution >= 0.6 is 11.6 Å². The number of ether oxygens (including phenoxy) is 1. The molecule has 3 aromatic rings. The zero-order valence-corrected chi connectivity index (χ0v) is 19.7. The van der Waals surface area contributed by atoms with Crippen molar-refractivity contribution in [2.75, 3.05) is 18.0 Å². The van der Waals surface area contributed by atoms with Crippen molar-refractivity contribution in [3.63, 3.8) is 0 Å². The molecule has 0 spiro atoms. The summed E-state index contributed by atoms with van der Waals surface area (Å²) >= 11 is 6.06. The van der Waals surface area contributed by atoms with E-state index in [1.807, 2.05) is 0 Å². The van der Waals surface area contributed by atoms with Gasteiger partial charge in [0.2, 0.25) is 0 Å². The molecule has 1 N–H and O–H groups in total. The highest BCUT2D eigenvalue weighted by Crippen LogP contribution is 2.35. The van der Waals surface area contributed by atoms with Crippen molar-refractivity contribution >= 4 is 39.4 Å². The topological polar surface area (TPSA) is 88.1 Å². The Morgan fingerprint density at radius 2 is 1.74 bits per heavy atom. The van der Waals surface area contributed by atoms with Gasteiger partial charge in [-0.1, -0.05) is 48.0 Å². The molecule has 0 aliphatic carbocycles. The van der Waals surface area contributed by atoms with Crippen LogP contribution in [0.3, 0.4) is 0 Å². The predicted octanol–water partition coefficient (Wildman–Crippen LogP) is 4.71. The number of nitrogens with zero attached hydrogens (tertiary/aromatic N) is 2. The number of methoxy groups -OCH3 is 1. The summed E-state index contributed by atoms with van der Waals surface area (Å²) in [5.41, 5.74) is 0.852. The Labute approximate surface area is 204 Å². The van der Waals surface area contributed by atoms with Crippen molar-refractivity contribution in [3.05, 3.63) is 88.9 Å². The lowest BCUT2D eigenvalue weighted by Crippen LogP contribution is -2.39. The summed E-state index contributed by atoms with van der Waals surface area (Å²) in [5.74, 6) is -0.781. The summed E-state index contributed by atoms with van der Waals surface area (Å²) in [4.78, 5) is 12.5. The Morgan fingerprint density at radius 1 is 1.09 bits per heavy atom. The molecule has 3 aromatic carbocycles. The number of carbonyl (C=O) groups excluding carboxylic acids is 1. The van der Waals surface area contributed by atoms with E-state index in [1.165, 1.54) is 67.8 Å². The van der Waals surface area contributed by atoms with Crippen molar-refractivity contribution in [3.8, 4) is 5.75 Å². The summed E-state index contributed by atoms with van der Waals surface area (Å²) in [7, 11) is -2.95. The van der Waals surface area contributed by atoms with Crippen LogP contribution < -0.4 is 14.5 Å². The smallest absolute Gasteiger partial charge is 0.417 e. The van der Waals surface area contributed by atoms with Crippen molar-refractivity contribution in [1.82, 2.24) is 5.43 Å². The van der Waals surface area contributed by atoms with Gasteiger partial charge in [-0.05, 0) is 36.4 Å². The van der Waals surface area contributed by atoms with Crippen LogP contribution in [-0.4, -0.2) is 34.2 Å². The molecule has 184 valence electrons. The molecule has 12 heteroatoms. The first-order valence-corrected chi connectivity index (χ1v) is 11.8. The summed E-state index contributed by atoms with van der Waals surface area (Å²) in [6.07, 6.45) is -3.78. The SMILES string of the molecule is COc1ccc(Cl)cc1N(CC(=O)NN=Cc1ccccc1C(F)(F)F)S(=O)(=O)c1ccccc1.